The van der Waals surface area contributed by atoms with Crippen molar-refractivity contribution in [2.45, 2.75) is 151 Å². The summed E-state index contributed by atoms with van der Waals surface area (Å²) in [6, 6.07) is 23.1. The van der Waals surface area contributed by atoms with Crippen LogP contribution in [0, 0.1) is 34.0 Å². The predicted molar refractivity (Wildman–Crippen MR) is 251 cm³/mol. The molecule has 7 unspecified atom stereocenters. The summed E-state index contributed by atoms with van der Waals surface area (Å²) in [7, 11) is 0. The fraction of sp³-hybridized carbons (Fsp3) is 0.527. The lowest BCUT2D eigenvalue weighted by atomic mass is 9.28. The molecule has 7 aliphatic rings. The maximum atomic E-state index is 2.98. The minimum absolute atomic E-state index is 0.0412. The van der Waals surface area contributed by atoms with Crippen molar-refractivity contribution in [3.05, 3.63) is 118 Å². The molecule has 4 heterocycles. The smallest absolute Gasteiger partial charge is 0.226 e. The van der Waals surface area contributed by atoms with Crippen molar-refractivity contribution in [1.29, 1.82) is 0 Å². The first-order chi connectivity index (χ1) is 27.0. The summed E-state index contributed by atoms with van der Waals surface area (Å²) in [5.74, 6) is 2.01. The van der Waals surface area contributed by atoms with Crippen LogP contribution in [-0.4, -0.2) is 24.8 Å². The molecule has 0 aromatic heterocycles. The van der Waals surface area contributed by atoms with Gasteiger partial charge in [-0.25, -0.2) is 0 Å². The molecule has 58 heavy (non-hydrogen) atoms. The van der Waals surface area contributed by atoms with Crippen molar-refractivity contribution >= 4 is 40.3 Å². The third-order valence-corrected chi connectivity index (χ3v) is 16.3. The maximum Gasteiger partial charge on any atom is 0.226 e. The van der Waals surface area contributed by atoms with E-state index < -0.39 is 0 Å². The molecule has 3 aromatic carbocycles. The Morgan fingerprint density at radius 3 is 2.00 bits per heavy atom. The first-order valence-electron chi connectivity index (χ1n) is 22.9. The zero-order valence-corrected chi connectivity index (χ0v) is 38.2. The van der Waals surface area contributed by atoms with Gasteiger partial charge in [-0.15, -0.1) is 0 Å². The largest absolute Gasteiger partial charge is 0.358 e. The standard InChI is InChI=1S/C55H69BN2/c1-51(2,3)33-20-22-44-38(24-33)40-26-35(53(7,8)9)28-42-49(40)57(44)46-30-37(55(13,14)32-18-16-15-17-19-32)31-47-48(46)56(42)43-29-36(54(10,11)12)27-41-39-25-34(52(4,5)6)21-23-45(39)58(47)50(41)43/h15-20,22,25-31,33-34,38,42,44-45,49H,21,23-24H2,1-14H3. The molecule has 3 aromatic rings. The molecule has 10 rings (SSSR count). The molecule has 1 fully saturated rings. The molecule has 4 aliphatic heterocycles. The lowest BCUT2D eigenvalue weighted by Crippen LogP contribution is -2.63. The van der Waals surface area contributed by atoms with Gasteiger partial charge in [0.2, 0.25) is 6.71 Å². The van der Waals surface area contributed by atoms with Crippen LogP contribution in [0.3, 0.4) is 0 Å². The Kier molecular flexibility index (Phi) is 8.09. The van der Waals surface area contributed by atoms with Crippen LogP contribution in [0.2, 0.25) is 5.82 Å². The third kappa shape index (κ3) is 5.49. The minimum atomic E-state index is -0.163. The summed E-state index contributed by atoms with van der Waals surface area (Å²) in [6.45, 7) is 34.6. The molecule has 0 amide bonds. The first kappa shape index (κ1) is 38.5. The Balaban J connectivity index is 1.30. The van der Waals surface area contributed by atoms with Crippen LogP contribution >= 0.6 is 0 Å². The molecule has 0 spiro atoms. The van der Waals surface area contributed by atoms with Gasteiger partial charge in [0.1, 0.15) is 0 Å². The van der Waals surface area contributed by atoms with Crippen LogP contribution in [0.15, 0.2) is 96.1 Å². The zero-order chi connectivity index (χ0) is 41.2. The molecule has 3 heteroatoms. The molecule has 2 nitrogen and oxygen atoms in total. The number of hydrogen-bond acceptors (Lipinski definition) is 2. The highest BCUT2D eigenvalue weighted by Crippen LogP contribution is 2.60. The van der Waals surface area contributed by atoms with E-state index in [0.29, 0.717) is 41.7 Å². The molecule has 0 bridgehead atoms. The van der Waals surface area contributed by atoms with E-state index in [1.54, 1.807) is 22.1 Å². The van der Waals surface area contributed by atoms with Crippen LogP contribution in [0.1, 0.15) is 138 Å². The van der Waals surface area contributed by atoms with E-state index in [-0.39, 0.29) is 33.8 Å². The zero-order valence-electron chi connectivity index (χ0n) is 38.2. The molecular formula is C55H69BN2. The monoisotopic (exact) mass is 769 g/mol. The first-order valence-corrected chi connectivity index (χ1v) is 22.9. The summed E-state index contributed by atoms with van der Waals surface area (Å²) < 4.78 is 0. The molecule has 302 valence electrons. The Morgan fingerprint density at radius 2 is 1.34 bits per heavy atom. The maximum absolute atomic E-state index is 2.98. The van der Waals surface area contributed by atoms with Gasteiger partial charge in [-0.2, -0.15) is 0 Å². The average molecular weight is 769 g/mol. The van der Waals surface area contributed by atoms with E-state index in [2.05, 4.69) is 192 Å². The molecule has 0 saturated carbocycles. The Hall–Kier alpha value is -3.72. The van der Waals surface area contributed by atoms with Crippen LogP contribution in [0.25, 0.3) is 5.57 Å². The summed E-state index contributed by atoms with van der Waals surface area (Å²) >= 11 is 0. The highest BCUT2D eigenvalue weighted by molar-refractivity contribution is 6.91. The lowest BCUT2D eigenvalue weighted by molar-refractivity contribution is 0.242. The average Bonchev–Trinajstić information content (AvgIpc) is 3.66. The highest BCUT2D eigenvalue weighted by Gasteiger charge is 2.60. The van der Waals surface area contributed by atoms with E-state index in [4.69, 9.17) is 0 Å². The number of anilines is 3. The fourth-order valence-electron chi connectivity index (χ4n) is 12.6. The van der Waals surface area contributed by atoms with Gasteiger partial charge < -0.3 is 9.80 Å². The summed E-state index contributed by atoms with van der Waals surface area (Å²) in [6.07, 6.45) is 17.2. The van der Waals surface area contributed by atoms with Crippen LogP contribution < -0.4 is 20.7 Å². The SMILES string of the molecule is CC(C)(C)C1=CC2B3c4cc(C(C)(C)C)cc5c4N(c4cc(C(C)(C)c6ccccc6)cc(c43)N3C4C=CC(C(C)(C)C)CC4C(=C1)C23)C1CCC(C(C)(C)C)C=C51. The summed E-state index contributed by atoms with van der Waals surface area (Å²) in [5.41, 5.74) is 18.8. The quantitative estimate of drug-likeness (QED) is 0.189. The van der Waals surface area contributed by atoms with Gasteiger partial charge in [0, 0.05) is 34.0 Å². The van der Waals surface area contributed by atoms with Gasteiger partial charge in [-0.05, 0) is 121 Å². The van der Waals surface area contributed by atoms with Crippen molar-refractivity contribution in [2.75, 3.05) is 9.80 Å². The van der Waals surface area contributed by atoms with Crippen molar-refractivity contribution in [1.82, 2.24) is 0 Å². The van der Waals surface area contributed by atoms with Gasteiger partial charge in [-0.1, -0.05) is 164 Å². The molecule has 0 radical (unpaired) electrons. The van der Waals surface area contributed by atoms with E-state index in [1.807, 2.05) is 0 Å². The van der Waals surface area contributed by atoms with Crippen LogP contribution in [-0.2, 0) is 10.8 Å². The number of nitrogens with zero attached hydrogens (tertiary/aromatic N) is 2. The van der Waals surface area contributed by atoms with Crippen molar-refractivity contribution < 1.29 is 0 Å². The molecule has 7 atom stereocenters. The van der Waals surface area contributed by atoms with Crippen LogP contribution in [0.5, 0.6) is 0 Å². The lowest BCUT2D eigenvalue weighted by Gasteiger charge is -2.51. The van der Waals surface area contributed by atoms with Gasteiger partial charge in [0.25, 0.3) is 0 Å². The fourth-order valence-corrected chi connectivity index (χ4v) is 12.6. The van der Waals surface area contributed by atoms with E-state index >= 15 is 0 Å². The minimum Gasteiger partial charge on any atom is -0.358 e. The van der Waals surface area contributed by atoms with E-state index in [9.17, 15) is 0 Å². The van der Waals surface area contributed by atoms with Gasteiger partial charge >= 0.3 is 0 Å². The Bertz CT molecular complexity index is 2340. The second-order valence-corrected chi connectivity index (χ2v) is 24.3. The molecule has 1 saturated heterocycles. The van der Waals surface area contributed by atoms with Gasteiger partial charge in [0.05, 0.1) is 18.1 Å². The number of benzene rings is 3. The number of rotatable bonds is 2. The third-order valence-electron chi connectivity index (χ3n) is 16.3. The Labute approximate surface area is 352 Å². The van der Waals surface area contributed by atoms with Crippen molar-refractivity contribution in [2.24, 2.45) is 34.0 Å². The Morgan fingerprint density at radius 1 is 0.655 bits per heavy atom. The van der Waals surface area contributed by atoms with Crippen molar-refractivity contribution in [3.8, 4) is 0 Å². The molecule has 3 aliphatic carbocycles. The predicted octanol–water partition coefficient (Wildman–Crippen LogP) is 12.7. The topological polar surface area (TPSA) is 6.48 Å². The highest BCUT2D eigenvalue weighted by atomic mass is 15.3. The number of allylic oxidation sites excluding steroid dienone is 4. The van der Waals surface area contributed by atoms with Gasteiger partial charge in [0.15, 0.2) is 0 Å². The second kappa shape index (κ2) is 12.2. The summed E-state index contributed by atoms with van der Waals surface area (Å²) in [5, 5.41) is 0. The molecular weight excluding hydrogens is 699 g/mol. The molecule has 0 N–H and O–H groups in total. The number of hydrogen-bond donors (Lipinski definition) is 0. The number of fused-ring (bicyclic) bond motifs is 10. The van der Waals surface area contributed by atoms with Crippen molar-refractivity contribution in [3.63, 3.8) is 0 Å². The van der Waals surface area contributed by atoms with Gasteiger partial charge in [-0.3, -0.25) is 0 Å². The van der Waals surface area contributed by atoms with E-state index in [0.717, 1.165) is 0 Å². The van der Waals surface area contributed by atoms with Crippen LogP contribution in [0.4, 0.5) is 17.1 Å². The second-order valence-electron chi connectivity index (χ2n) is 24.3. The summed E-state index contributed by atoms with van der Waals surface area (Å²) in [4.78, 5) is 5.88. The van der Waals surface area contributed by atoms with E-state index in [1.165, 1.54) is 64.2 Å². The normalized spacial score (nSPS) is 28.3.